The zero-order chi connectivity index (χ0) is 23.3. The third-order valence-corrected chi connectivity index (χ3v) is 5.45. The number of ether oxygens (including phenoxy) is 1. The third-order valence-electron chi connectivity index (χ3n) is 5.45. The number of fused-ring (bicyclic) bond motifs is 1. The van der Waals surface area contributed by atoms with Crippen LogP contribution in [-0.4, -0.2) is 10.9 Å². The molecule has 0 bridgehead atoms. The average molecular weight is 446 g/mol. The summed E-state index contributed by atoms with van der Waals surface area (Å²) in [7, 11) is 0. The minimum absolute atomic E-state index is 0.198. The molecule has 0 fully saturated rings. The Bertz CT molecular complexity index is 1460. The van der Waals surface area contributed by atoms with E-state index in [0.717, 1.165) is 33.6 Å². The summed E-state index contributed by atoms with van der Waals surface area (Å²) in [6, 6.07) is 32.3. The maximum absolute atomic E-state index is 13.0. The Kier molecular flexibility index (Phi) is 5.91. The normalized spacial score (nSPS) is 10.6. The fourth-order valence-electron chi connectivity index (χ4n) is 3.85. The van der Waals surface area contributed by atoms with Crippen molar-refractivity contribution in [1.29, 1.82) is 0 Å². The van der Waals surface area contributed by atoms with E-state index in [9.17, 15) is 4.79 Å². The molecule has 5 aromatic rings. The van der Waals surface area contributed by atoms with Gasteiger partial charge < -0.3 is 15.4 Å². The van der Waals surface area contributed by atoms with Crippen LogP contribution in [0.3, 0.4) is 0 Å². The average Bonchev–Trinajstić information content (AvgIpc) is 2.85. The largest absolute Gasteiger partial charge is 0.457 e. The van der Waals surface area contributed by atoms with Crippen LogP contribution in [0.2, 0.25) is 0 Å². The lowest BCUT2D eigenvalue weighted by Crippen LogP contribution is -2.12. The predicted octanol–water partition coefficient (Wildman–Crippen LogP) is 7.33. The van der Waals surface area contributed by atoms with Crippen molar-refractivity contribution in [3.8, 4) is 11.5 Å². The van der Waals surface area contributed by atoms with Gasteiger partial charge in [0.1, 0.15) is 11.5 Å². The Morgan fingerprint density at radius 3 is 2.41 bits per heavy atom. The van der Waals surface area contributed by atoms with Crippen molar-refractivity contribution in [2.45, 2.75) is 6.92 Å². The minimum atomic E-state index is -0.198. The monoisotopic (exact) mass is 445 g/mol. The van der Waals surface area contributed by atoms with E-state index in [2.05, 4.69) is 28.6 Å². The SMILES string of the molecule is Cc1cccc2nccc(Nc3cccc(C(=O)Nc4cccc(Oc5ccccc5)c4)c3)c12. The quantitative estimate of drug-likeness (QED) is 0.287. The molecule has 0 aliphatic heterocycles. The zero-order valence-electron chi connectivity index (χ0n) is 18.7. The summed E-state index contributed by atoms with van der Waals surface area (Å²) < 4.78 is 5.87. The lowest BCUT2D eigenvalue weighted by molar-refractivity contribution is 0.102. The molecule has 4 aromatic carbocycles. The van der Waals surface area contributed by atoms with Gasteiger partial charge in [0.2, 0.25) is 0 Å². The van der Waals surface area contributed by atoms with Crippen molar-refractivity contribution >= 4 is 33.9 Å². The molecular weight excluding hydrogens is 422 g/mol. The molecule has 0 spiro atoms. The van der Waals surface area contributed by atoms with Crippen molar-refractivity contribution in [1.82, 2.24) is 4.98 Å². The minimum Gasteiger partial charge on any atom is -0.457 e. The fourth-order valence-corrected chi connectivity index (χ4v) is 3.85. The maximum Gasteiger partial charge on any atom is 0.255 e. The molecule has 0 unspecified atom stereocenters. The number of nitrogens with one attached hydrogen (secondary N) is 2. The smallest absolute Gasteiger partial charge is 0.255 e. The van der Waals surface area contributed by atoms with Gasteiger partial charge in [0.25, 0.3) is 5.91 Å². The van der Waals surface area contributed by atoms with Crippen LogP contribution in [0.15, 0.2) is 109 Å². The van der Waals surface area contributed by atoms with E-state index in [1.165, 1.54) is 0 Å². The Morgan fingerprint density at radius 1 is 0.765 bits per heavy atom. The second kappa shape index (κ2) is 9.46. The summed E-state index contributed by atoms with van der Waals surface area (Å²) in [6.45, 7) is 2.06. The Balaban J connectivity index is 1.33. The van der Waals surface area contributed by atoms with E-state index in [1.54, 1.807) is 18.3 Å². The lowest BCUT2D eigenvalue weighted by Gasteiger charge is -2.13. The van der Waals surface area contributed by atoms with Gasteiger partial charge in [0.15, 0.2) is 0 Å². The number of amides is 1. The first-order valence-corrected chi connectivity index (χ1v) is 11.0. The highest BCUT2D eigenvalue weighted by molar-refractivity contribution is 6.05. The third kappa shape index (κ3) is 4.74. The topological polar surface area (TPSA) is 63.2 Å². The molecule has 5 rings (SSSR count). The van der Waals surface area contributed by atoms with Gasteiger partial charge >= 0.3 is 0 Å². The molecule has 5 heteroatoms. The van der Waals surface area contributed by atoms with Crippen LogP contribution in [0, 0.1) is 6.92 Å². The number of para-hydroxylation sites is 1. The zero-order valence-corrected chi connectivity index (χ0v) is 18.7. The molecule has 0 aliphatic rings. The van der Waals surface area contributed by atoms with E-state index in [0.29, 0.717) is 17.0 Å². The first-order chi connectivity index (χ1) is 16.7. The van der Waals surface area contributed by atoms with Gasteiger partial charge in [-0.05, 0) is 67.1 Å². The fraction of sp³-hybridized carbons (Fsp3) is 0.0345. The summed E-state index contributed by atoms with van der Waals surface area (Å²) in [5, 5.41) is 7.47. The number of carbonyl (C=O) groups excluding carboxylic acids is 1. The molecule has 0 aliphatic carbocycles. The van der Waals surface area contributed by atoms with Gasteiger partial charge in [-0.3, -0.25) is 9.78 Å². The molecule has 1 heterocycles. The number of aryl methyl sites for hydroxylation is 1. The summed E-state index contributed by atoms with van der Waals surface area (Å²) in [4.78, 5) is 17.4. The number of carbonyl (C=O) groups is 1. The summed E-state index contributed by atoms with van der Waals surface area (Å²) in [5.41, 5.74) is 5.05. The van der Waals surface area contributed by atoms with Crippen molar-refractivity contribution < 1.29 is 9.53 Å². The second-order valence-electron chi connectivity index (χ2n) is 7.93. The molecule has 1 amide bonds. The van der Waals surface area contributed by atoms with Crippen LogP contribution in [0.25, 0.3) is 10.9 Å². The number of hydrogen-bond donors (Lipinski definition) is 2. The number of benzene rings is 4. The molecule has 0 saturated carbocycles. The standard InChI is InChI=1S/C29H23N3O2/c1-20-8-5-15-26-28(20)27(16-17-30-26)31-22-10-6-9-21(18-22)29(33)32-23-11-7-14-25(19-23)34-24-12-3-2-4-13-24/h2-19H,1H3,(H,30,31)(H,32,33). The molecule has 0 saturated heterocycles. The van der Waals surface area contributed by atoms with Crippen molar-refractivity contribution in [2.75, 3.05) is 10.6 Å². The van der Waals surface area contributed by atoms with Gasteiger partial charge in [-0.15, -0.1) is 0 Å². The first kappa shape index (κ1) is 21.2. The summed E-state index contributed by atoms with van der Waals surface area (Å²) >= 11 is 0. The highest BCUT2D eigenvalue weighted by atomic mass is 16.5. The van der Waals surface area contributed by atoms with E-state index >= 15 is 0 Å². The molecule has 5 nitrogen and oxygen atoms in total. The molecule has 2 N–H and O–H groups in total. The molecule has 166 valence electrons. The van der Waals surface area contributed by atoms with Gasteiger partial charge in [0, 0.05) is 40.3 Å². The molecule has 34 heavy (non-hydrogen) atoms. The van der Waals surface area contributed by atoms with E-state index in [1.807, 2.05) is 84.9 Å². The van der Waals surface area contributed by atoms with Crippen molar-refractivity contribution in [3.05, 3.63) is 120 Å². The van der Waals surface area contributed by atoms with E-state index < -0.39 is 0 Å². The van der Waals surface area contributed by atoms with E-state index in [-0.39, 0.29) is 5.91 Å². The van der Waals surface area contributed by atoms with E-state index in [4.69, 9.17) is 4.74 Å². The molecular formula is C29H23N3O2. The summed E-state index contributed by atoms with van der Waals surface area (Å²) in [6.07, 6.45) is 1.78. The number of anilines is 3. The Morgan fingerprint density at radius 2 is 1.53 bits per heavy atom. The molecule has 0 atom stereocenters. The van der Waals surface area contributed by atoms with Crippen LogP contribution >= 0.6 is 0 Å². The number of hydrogen-bond acceptors (Lipinski definition) is 4. The van der Waals surface area contributed by atoms with Gasteiger partial charge in [-0.2, -0.15) is 0 Å². The van der Waals surface area contributed by atoms with Gasteiger partial charge in [-0.1, -0.05) is 42.5 Å². The lowest BCUT2D eigenvalue weighted by atomic mass is 10.1. The number of aromatic nitrogens is 1. The number of pyridine rings is 1. The van der Waals surface area contributed by atoms with Crippen molar-refractivity contribution in [2.24, 2.45) is 0 Å². The Labute approximate surface area is 198 Å². The van der Waals surface area contributed by atoms with Crippen molar-refractivity contribution in [3.63, 3.8) is 0 Å². The van der Waals surface area contributed by atoms with Gasteiger partial charge in [-0.25, -0.2) is 0 Å². The highest BCUT2D eigenvalue weighted by Crippen LogP contribution is 2.28. The maximum atomic E-state index is 13.0. The number of nitrogens with zero attached hydrogens (tertiary/aromatic N) is 1. The van der Waals surface area contributed by atoms with Crippen LogP contribution in [0.1, 0.15) is 15.9 Å². The van der Waals surface area contributed by atoms with Crippen LogP contribution in [-0.2, 0) is 0 Å². The highest BCUT2D eigenvalue weighted by Gasteiger charge is 2.10. The van der Waals surface area contributed by atoms with Crippen LogP contribution in [0.4, 0.5) is 17.1 Å². The van der Waals surface area contributed by atoms with Gasteiger partial charge in [0.05, 0.1) is 5.52 Å². The number of rotatable bonds is 6. The summed E-state index contributed by atoms with van der Waals surface area (Å²) in [5.74, 6) is 1.19. The molecule has 0 radical (unpaired) electrons. The van der Waals surface area contributed by atoms with Crippen LogP contribution < -0.4 is 15.4 Å². The second-order valence-corrected chi connectivity index (χ2v) is 7.93. The predicted molar refractivity (Wildman–Crippen MR) is 137 cm³/mol. The molecule has 1 aromatic heterocycles. The van der Waals surface area contributed by atoms with Crippen LogP contribution in [0.5, 0.6) is 11.5 Å². The first-order valence-electron chi connectivity index (χ1n) is 11.0. The Hall–Kier alpha value is -4.64.